The van der Waals surface area contributed by atoms with Crippen LogP contribution in [0.1, 0.15) is 13.3 Å². The fraction of sp³-hybridized carbons (Fsp3) is 0.625. The van der Waals surface area contributed by atoms with Crippen LogP contribution >= 0.6 is 0 Å². The first kappa shape index (κ1) is 10.5. The van der Waals surface area contributed by atoms with Crippen LogP contribution in [-0.4, -0.2) is 37.2 Å². The van der Waals surface area contributed by atoms with Crippen molar-refractivity contribution < 1.29 is 28.6 Å². The lowest BCUT2D eigenvalue weighted by Gasteiger charge is -2.06. The normalized spacial score (nSPS) is 19.8. The van der Waals surface area contributed by atoms with Crippen LogP contribution in [0.3, 0.4) is 0 Å². The predicted octanol–water partition coefficient (Wildman–Crippen LogP) is 0.0441. The highest BCUT2D eigenvalue weighted by atomic mass is 16.8. The second kappa shape index (κ2) is 4.59. The van der Waals surface area contributed by atoms with Crippen LogP contribution in [0.4, 0.5) is 4.79 Å². The molecule has 0 aliphatic carbocycles. The summed E-state index contributed by atoms with van der Waals surface area (Å²) in [5, 5.41) is 0. The minimum Gasteiger partial charge on any atom is -0.461 e. The number of ketones is 1. The summed E-state index contributed by atoms with van der Waals surface area (Å²) in [5.41, 5.74) is 0. The van der Waals surface area contributed by atoms with Gasteiger partial charge < -0.3 is 14.2 Å². The molecule has 1 atom stereocenters. The Kier molecular flexibility index (Phi) is 3.44. The van der Waals surface area contributed by atoms with Crippen molar-refractivity contribution in [3.63, 3.8) is 0 Å². The van der Waals surface area contributed by atoms with Crippen LogP contribution in [0.15, 0.2) is 0 Å². The lowest BCUT2D eigenvalue weighted by Crippen LogP contribution is -2.21. The maximum absolute atomic E-state index is 10.9. The van der Waals surface area contributed by atoms with Crippen molar-refractivity contribution in [3.8, 4) is 0 Å². The molecule has 1 unspecified atom stereocenters. The largest absolute Gasteiger partial charge is 0.508 e. The van der Waals surface area contributed by atoms with Crippen molar-refractivity contribution >= 4 is 17.9 Å². The molecule has 1 aliphatic rings. The second-order valence-corrected chi connectivity index (χ2v) is 2.86. The summed E-state index contributed by atoms with van der Waals surface area (Å²) in [6.45, 7) is 1.30. The van der Waals surface area contributed by atoms with Gasteiger partial charge in [-0.15, -0.1) is 0 Å². The van der Waals surface area contributed by atoms with E-state index < -0.39 is 18.2 Å². The Morgan fingerprint density at radius 2 is 2.29 bits per heavy atom. The molecule has 1 aliphatic heterocycles. The van der Waals surface area contributed by atoms with E-state index in [0.29, 0.717) is 0 Å². The molecule has 0 bridgehead atoms. The average Bonchev–Trinajstić information content (AvgIpc) is 2.47. The molecular weight excluding hydrogens is 192 g/mol. The fourth-order valence-corrected chi connectivity index (χ4v) is 0.887. The quantitative estimate of drug-likeness (QED) is 0.473. The van der Waals surface area contributed by atoms with Gasteiger partial charge in [0.2, 0.25) is 0 Å². The van der Waals surface area contributed by atoms with Crippen LogP contribution in [-0.2, 0) is 23.8 Å². The minimum atomic E-state index is -0.766. The maximum atomic E-state index is 10.9. The van der Waals surface area contributed by atoms with E-state index in [-0.39, 0.29) is 25.4 Å². The van der Waals surface area contributed by atoms with Gasteiger partial charge in [0.15, 0.2) is 6.10 Å². The molecule has 6 nitrogen and oxygen atoms in total. The van der Waals surface area contributed by atoms with E-state index >= 15 is 0 Å². The molecule has 1 fully saturated rings. The molecule has 0 spiro atoms. The van der Waals surface area contributed by atoms with E-state index in [9.17, 15) is 14.4 Å². The lowest BCUT2D eigenvalue weighted by molar-refractivity contribution is -0.147. The monoisotopic (exact) mass is 202 g/mol. The highest BCUT2D eigenvalue weighted by Crippen LogP contribution is 2.06. The molecule has 0 aromatic carbocycles. The first-order valence-corrected chi connectivity index (χ1v) is 4.06. The van der Waals surface area contributed by atoms with Crippen LogP contribution < -0.4 is 0 Å². The van der Waals surface area contributed by atoms with Crippen LogP contribution in [0.5, 0.6) is 0 Å². The summed E-state index contributed by atoms with van der Waals surface area (Å²) in [6, 6.07) is 0. The van der Waals surface area contributed by atoms with Gasteiger partial charge in [-0.3, -0.25) is 9.59 Å². The predicted molar refractivity (Wildman–Crippen MR) is 42.5 cm³/mol. The molecule has 78 valence electrons. The van der Waals surface area contributed by atoms with Gasteiger partial charge >= 0.3 is 12.1 Å². The van der Waals surface area contributed by atoms with Gasteiger partial charge in [-0.1, -0.05) is 0 Å². The van der Waals surface area contributed by atoms with Crippen molar-refractivity contribution in [1.29, 1.82) is 0 Å². The van der Waals surface area contributed by atoms with Gasteiger partial charge in [0, 0.05) is 0 Å². The number of esters is 1. The van der Waals surface area contributed by atoms with E-state index in [1.54, 1.807) is 0 Å². The zero-order chi connectivity index (χ0) is 10.6. The molecule has 1 heterocycles. The smallest absolute Gasteiger partial charge is 0.461 e. The summed E-state index contributed by atoms with van der Waals surface area (Å²) in [5.74, 6) is -0.893. The zero-order valence-electron chi connectivity index (χ0n) is 7.65. The summed E-state index contributed by atoms with van der Waals surface area (Å²) in [6.07, 6.45) is -1.59. The molecule has 0 N–H and O–H groups in total. The van der Waals surface area contributed by atoms with E-state index in [0.717, 1.165) is 0 Å². The average molecular weight is 202 g/mol. The number of carbonyl (C=O) groups excluding carboxylic acids is 3. The number of rotatable bonds is 4. The number of hydrogen-bond acceptors (Lipinski definition) is 6. The van der Waals surface area contributed by atoms with Gasteiger partial charge in [-0.25, -0.2) is 4.79 Å². The van der Waals surface area contributed by atoms with Gasteiger partial charge in [0.25, 0.3) is 0 Å². The Labute approximate surface area is 80.1 Å². The number of ether oxygens (including phenoxy) is 3. The fourth-order valence-electron chi connectivity index (χ4n) is 0.887. The third-order valence-corrected chi connectivity index (χ3v) is 1.47. The third-order valence-electron chi connectivity index (χ3n) is 1.47. The van der Waals surface area contributed by atoms with Crippen molar-refractivity contribution in [2.45, 2.75) is 19.4 Å². The Balaban J connectivity index is 2.17. The van der Waals surface area contributed by atoms with Gasteiger partial charge in [-0.2, -0.15) is 0 Å². The summed E-state index contributed by atoms with van der Waals surface area (Å²) in [4.78, 5) is 31.8. The molecule has 0 saturated carbocycles. The molecule has 1 rings (SSSR count). The summed E-state index contributed by atoms with van der Waals surface area (Å²) >= 11 is 0. The standard InChI is InChI=1S/C8H10O6/c1-5(9)2-7(10)12-3-6-4-13-8(11)14-6/h6H,2-4H2,1H3. The number of hydrogen-bond donors (Lipinski definition) is 0. The maximum Gasteiger partial charge on any atom is 0.508 e. The minimum absolute atomic E-state index is 0.0716. The van der Waals surface area contributed by atoms with Crippen molar-refractivity contribution in [3.05, 3.63) is 0 Å². The van der Waals surface area contributed by atoms with E-state index in [1.165, 1.54) is 6.92 Å². The summed E-state index contributed by atoms with van der Waals surface area (Å²) < 4.78 is 13.7. The van der Waals surface area contributed by atoms with Gasteiger partial charge in [0.1, 0.15) is 25.4 Å². The van der Waals surface area contributed by atoms with Crippen LogP contribution in [0, 0.1) is 0 Å². The molecule has 14 heavy (non-hydrogen) atoms. The number of carbonyl (C=O) groups is 3. The molecule has 0 amide bonds. The van der Waals surface area contributed by atoms with Crippen molar-refractivity contribution in [2.75, 3.05) is 13.2 Å². The number of cyclic esters (lactones) is 2. The molecule has 0 radical (unpaired) electrons. The topological polar surface area (TPSA) is 78.9 Å². The lowest BCUT2D eigenvalue weighted by atomic mass is 10.3. The highest BCUT2D eigenvalue weighted by Gasteiger charge is 2.26. The third kappa shape index (κ3) is 3.42. The molecule has 6 heteroatoms. The van der Waals surface area contributed by atoms with Gasteiger partial charge in [0.05, 0.1) is 0 Å². The highest BCUT2D eigenvalue weighted by molar-refractivity contribution is 5.94. The second-order valence-electron chi connectivity index (χ2n) is 2.86. The van der Waals surface area contributed by atoms with Crippen LogP contribution in [0.2, 0.25) is 0 Å². The first-order chi connectivity index (χ1) is 6.58. The number of Topliss-reactive ketones (excluding diaryl/α,β-unsaturated/α-hetero) is 1. The van der Waals surface area contributed by atoms with Gasteiger partial charge in [-0.05, 0) is 6.92 Å². The van der Waals surface area contributed by atoms with Crippen molar-refractivity contribution in [1.82, 2.24) is 0 Å². The van der Waals surface area contributed by atoms with E-state index in [1.807, 2.05) is 0 Å². The SMILES string of the molecule is CC(=O)CC(=O)OCC1COC(=O)O1. The molecule has 1 saturated heterocycles. The molecular formula is C8H10O6. The Morgan fingerprint density at radius 3 is 2.79 bits per heavy atom. The summed E-state index contributed by atoms with van der Waals surface area (Å²) in [7, 11) is 0. The van der Waals surface area contributed by atoms with E-state index in [4.69, 9.17) is 0 Å². The zero-order valence-corrected chi connectivity index (χ0v) is 7.65. The molecule has 0 aromatic rings. The first-order valence-electron chi connectivity index (χ1n) is 4.06. The Bertz CT molecular complexity index is 259. The van der Waals surface area contributed by atoms with Crippen LogP contribution in [0.25, 0.3) is 0 Å². The van der Waals surface area contributed by atoms with Crippen molar-refractivity contribution in [2.24, 2.45) is 0 Å². The van der Waals surface area contributed by atoms with E-state index in [2.05, 4.69) is 14.2 Å². The Morgan fingerprint density at radius 1 is 1.57 bits per heavy atom. The Hall–Kier alpha value is -1.59. The molecule has 0 aromatic heterocycles.